The largest absolute Gasteiger partial charge is 0.264 e. The first-order valence-corrected chi connectivity index (χ1v) is 8.53. The van der Waals surface area contributed by atoms with Gasteiger partial charge in [0.2, 0.25) is 4.96 Å². The topological polar surface area (TPSA) is 56.0 Å². The number of fused-ring (bicyclic) bond motifs is 1. The van der Waals surface area contributed by atoms with Crippen LogP contribution in [0.5, 0.6) is 0 Å². The second-order valence-electron chi connectivity index (χ2n) is 4.94. The van der Waals surface area contributed by atoms with Crippen LogP contribution in [0.1, 0.15) is 10.6 Å². The number of hydrogen-bond donors (Lipinski definition) is 0. The molecule has 5 nitrogen and oxygen atoms in total. The lowest BCUT2D eigenvalue weighted by Crippen LogP contribution is -1.91. The van der Waals surface area contributed by atoms with Gasteiger partial charge in [0.15, 0.2) is 5.82 Å². The van der Waals surface area contributed by atoms with E-state index >= 15 is 0 Å². The Morgan fingerprint density at radius 3 is 2.62 bits per heavy atom. The molecular formula is C16H9Cl2N5S. The number of aromatic nitrogens is 5. The molecule has 118 valence electrons. The van der Waals surface area contributed by atoms with E-state index in [1.54, 1.807) is 35.1 Å². The fourth-order valence-electron chi connectivity index (χ4n) is 2.20. The summed E-state index contributed by atoms with van der Waals surface area (Å²) in [6.45, 7) is 0. The Hall–Kier alpha value is -2.28. The van der Waals surface area contributed by atoms with Crippen molar-refractivity contribution in [3.05, 3.63) is 63.3 Å². The van der Waals surface area contributed by atoms with Gasteiger partial charge in [-0.05, 0) is 35.9 Å². The summed E-state index contributed by atoms with van der Waals surface area (Å²) in [7, 11) is 0. The van der Waals surface area contributed by atoms with E-state index in [-0.39, 0.29) is 0 Å². The highest BCUT2D eigenvalue weighted by molar-refractivity contribution is 7.17. The Morgan fingerprint density at radius 2 is 1.88 bits per heavy atom. The molecule has 0 saturated heterocycles. The van der Waals surface area contributed by atoms with Crippen LogP contribution < -0.4 is 0 Å². The zero-order chi connectivity index (χ0) is 16.5. The molecule has 1 aromatic carbocycles. The molecule has 0 atom stereocenters. The Kier molecular flexibility index (Phi) is 4.02. The molecule has 0 N–H and O–H groups in total. The van der Waals surface area contributed by atoms with Crippen molar-refractivity contribution in [1.82, 2.24) is 24.8 Å². The van der Waals surface area contributed by atoms with Crippen LogP contribution in [-0.2, 0) is 0 Å². The molecule has 0 bridgehead atoms. The smallest absolute Gasteiger partial charge is 0.235 e. The van der Waals surface area contributed by atoms with Crippen molar-refractivity contribution in [1.29, 1.82) is 0 Å². The molecule has 0 unspecified atom stereocenters. The van der Waals surface area contributed by atoms with Gasteiger partial charge in [-0.25, -0.2) is 0 Å². The molecule has 3 aromatic heterocycles. The quantitative estimate of drug-likeness (QED) is 0.521. The molecule has 0 aliphatic carbocycles. The normalized spacial score (nSPS) is 11.6. The molecule has 24 heavy (non-hydrogen) atoms. The maximum absolute atomic E-state index is 6.06. The van der Waals surface area contributed by atoms with E-state index in [1.165, 1.54) is 11.3 Å². The molecule has 0 amide bonds. The summed E-state index contributed by atoms with van der Waals surface area (Å²) in [6.07, 6.45) is 7.40. The third kappa shape index (κ3) is 3.03. The fraction of sp³-hybridized carbons (Fsp3) is 0. The van der Waals surface area contributed by atoms with Gasteiger partial charge in [-0.2, -0.15) is 9.61 Å². The van der Waals surface area contributed by atoms with Crippen molar-refractivity contribution in [3.8, 4) is 11.4 Å². The second-order valence-corrected chi connectivity index (χ2v) is 6.80. The second kappa shape index (κ2) is 6.32. The van der Waals surface area contributed by atoms with E-state index in [1.807, 2.05) is 24.3 Å². The van der Waals surface area contributed by atoms with E-state index in [2.05, 4.69) is 20.3 Å². The predicted octanol–water partition coefficient (Wildman–Crippen LogP) is 4.73. The Balaban J connectivity index is 1.72. The molecule has 8 heteroatoms. The summed E-state index contributed by atoms with van der Waals surface area (Å²) in [5.41, 5.74) is 1.78. The van der Waals surface area contributed by atoms with Gasteiger partial charge in [-0.1, -0.05) is 46.7 Å². The van der Waals surface area contributed by atoms with Gasteiger partial charge in [0.1, 0.15) is 5.01 Å². The third-order valence-corrected chi connectivity index (χ3v) is 4.53. The Bertz CT molecular complexity index is 1020. The maximum Gasteiger partial charge on any atom is 0.235 e. The van der Waals surface area contributed by atoms with Crippen LogP contribution in [0.25, 0.3) is 28.5 Å². The molecule has 0 aliphatic heterocycles. The zero-order valence-electron chi connectivity index (χ0n) is 12.1. The van der Waals surface area contributed by atoms with Crippen molar-refractivity contribution in [3.63, 3.8) is 0 Å². The van der Waals surface area contributed by atoms with Crippen LogP contribution in [0.2, 0.25) is 10.0 Å². The zero-order valence-corrected chi connectivity index (χ0v) is 14.4. The number of nitrogens with zero attached hydrogens (tertiary/aromatic N) is 5. The van der Waals surface area contributed by atoms with Crippen LogP contribution >= 0.6 is 34.5 Å². The monoisotopic (exact) mass is 373 g/mol. The van der Waals surface area contributed by atoms with E-state index in [9.17, 15) is 0 Å². The molecule has 0 radical (unpaired) electrons. The number of pyridine rings is 1. The van der Waals surface area contributed by atoms with Gasteiger partial charge in [-0.15, -0.1) is 10.2 Å². The van der Waals surface area contributed by atoms with Crippen molar-refractivity contribution in [2.45, 2.75) is 0 Å². The first kappa shape index (κ1) is 15.3. The van der Waals surface area contributed by atoms with Gasteiger partial charge in [0, 0.05) is 28.0 Å². The van der Waals surface area contributed by atoms with Crippen molar-refractivity contribution in [2.75, 3.05) is 0 Å². The van der Waals surface area contributed by atoms with Crippen LogP contribution in [0.3, 0.4) is 0 Å². The van der Waals surface area contributed by atoms with Crippen molar-refractivity contribution in [2.24, 2.45) is 0 Å². The maximum atomic E-state index is 6.06. The average molecular weight is 374 g/mol. The Morgan fingerprint density at radius 1 is 1.04 bits per heavy atom. The third-order valence-electron chi connectivity index (χ3n) is 3.23. The molecule has 0 saturated carbocycles. The Labute approximate surface area is 151 Å². The van der Waals surface area contributed by atoms with E-state index < -0.39 is 0 Å². The van der Waals surface area contributed by atoms with Crippen LogP contribution in [-0.4, -0.2) is 24.8 Å². The molecule has 0 aliphatic rings. The highest BCUT2D eigenvalue weighted by Gasteiger charge is 2.13. The number of rotatable bonds is 3. The highest BCUT2D eigenvalue weighted by Crippen LogP contribution is 2.27. The molecule has 4 rings (SSSR count). The SMILES string of the molecule is Clc1cc(Cl)cc(-c2nnc3sc(/C=C/c4cccnc4)nn23)c1. The van der Waals surface area contributed by atoms with E-state index in [4.69, 9.17) is 23.2 Å². The van der Waals surface area contributed by atoms with Crippen LogP contribution in [0, 0.1) is 0 Å². The molecular weight excluding hydrogens is 365 g/mol. The van der Waals surface area contributed by atoms with Crippen molar-refractivity contribution >= 4 is 51.7 Å². The number of hydrogen-bond acceptors (Lipinski definition) is 5. The van der Waals surface area contributed by atoms with Gasteiger partial charge >= 0.3 is 0 Å². The lowest BCUT2D eigenvalue weighted by Gasteiger charge is -1.99. The average Bonchev–Trinajstić information content (AvgIpc) is 3.13. The lowest BCUT2D eigenvalue weighted by atomic mass is 10.2. The molecule has 3 heterocycles. The minimum absolute atomic E-state index is 0.543. The van der Waals surface area contributed by atoms with Crippen LogP contribution in [0.4, 0.5) is 0 Å². The molecule has 4 aromatic rings. The van der Waals surface area contributed by atoms with Crippen LogP contribution in [0.15, 0.2) is 42.7 Å². The first-order valence-electron chi connectivity index (χ1n) is 6.96. The van der Waals surface area contributed by atoms with E-state index in [0.29, 0.717) is 20.8 Å². The van der Waals surface area contributed by atoms with Gasteiger partial charge in [-0.3, -0.25) is 4.98 Å². The van der Waals surface area contributed by atoms with Gasteiger partial charge in [0.05, 0.1) is 0 Å². The fourth-order valence-corrected chi connectivity index (χ4v) is 3.47. The number of benzene rings is 1. The summed E-state index contributed by atoms with van der Waals surface area (Å²) >= 11 is 13.6. The highest BCUT2D eigenvalue weighted by atomic mass is 35.5. The van der Waals surface area contributed by atoms with Gasteiger partial charge in [0.25, 0.3) is 0 Å². The minimum atomic E-state index is 0.543. The summed E-state index contributed by atoms with van der Waals surface area (Å²) < 4.78 is 1.69. The minimum Gasteiger partial charge on any atom is -0.264 e. The summed E-state index contributed by atoms with van der Waals surface area (Å²) in [6, 6.07) is 9.11. The van der Waals surface area contributed by atoms with Gasteiger partial charge < -0.3 is 0 Å². The standard InChI is InChI=1S/C16H9Cl2N5S/c17-12-6-11(7-13(18)8-12)15-20-21-16-23(15)22-14(24-16)4-3-10-2-1-5-19-9-10/h1-9H/b4-3+. The summed E-state index contributed by atoms with van der Waals surface area (Å²) in [4.78, 5) is 4.78. The predicted molar refractivity (Wildman–Crippen MR) is 97.3 cm³/mol. The summed E-state index contributed by atoms with van der Waals surface area (Å²) in [5, 5.41) is 14.8. The number of halogens is 2. The summed E-state index contributed by atoms with van der Waals surface area (Å²) in [5.74, 6) is 0.603. The van der Waals surface area contributed by atoms with Crippen molar-refractivity contribution < 1.29 is 0 Å². The van der Waals surface area contributed by atoms with E-state index in [0.717, 1.165) is 16.1 Å². The lowest BCUT2D eigenvalue weighted by molar-refractivity contribution is 0.960. The first-order chi connectivity index (χ1) is 11.7. The molecule has 0 fully saturated rings. The molecule has 0 spiro atoms.